The molecule has 0 spiro atoms. The predicted octanol–water partition coefficient (Wildman–Crippen LogP) is 4.02. The molecule has 0 aromatic heterocycles. The topological polar surface area (TPSA) is 32.3 Å². The molecule has 0 radical (unpaired) electrons. The highest BCUT2D eigenvalue weighted by Crippen LogP contribution is 2.27. The standard InChI is InChI=1S/C17H25ClN2O/c1-12-5-8-20(9-6-12)16(21)4-7-19-17-14(3)10-13(2)11-15(17)18/h10-12,19H,4-9H2,1-3H3. The Morgan fingerprint density at radius 2 is 2.00 bits per heavy atom. The fraction of sp³-hybridized carbons (Fsp3) is 0.588. The fourth-order valence-electron chi connectivity index (χ4n) is 2.85. The van der Waals surface area contributed by atoms with Crippen LogP contribution in [0.5, 0.6) is 0 Å². The maximum atomic E-state index is 12.2. The molecule has 4 heteroatoms. The van der Waals surface area contributed by atoms with E-state index < -0.39 is 0 Å². The Labute approximate surface area is 132 Å². The fourth-order valence-corrected chi connectivity index (χ4v) is 3.24. The number of carbonyl (C=O) groups excluding carboxylic acids is 1. The highest BCUT2D eigenvalue weighted by atomic mass is 35.5. The van der Waals surface area contributed by atoms with Crippen molar-refractivity contribution in [3.8, 4) is 0 Å². The molecular weight excluding hydrogens is 284 g/mol. The van der Waals surface area contributed by atoms with Crippen molar-refractivity contribution in [2.45, 2.75) is 40.0 Å². The average Bonchev–Trinajstić information content (AvgIpc) is 2.42. The molecule has 0 saturated carbocycles. The Morgan fingerprint density at radius 3 is 2.62 bits per heavy atom. The van der Waals surface area contributed by atoms with Crippen molar-refractivity contribution >= 4 is 23.2 Å². The number of aryl methyl sites for hydroxylation is 2. The first-order valence-corrected chi connectivity index (χ1v) is 8.13. The first-order chi connectivity index (χ1) is 9.97. The molecule has 1 saturated heterocycles. The summed E-state index contributed by atoms with van der Waals surface area (Å²) in [6.45, 7) is 8.77. The van der Waals surface area contributed by atoms with E-state index >= 15 is 0 Å². The summed E-state index contributed by atoms with van der Waals surface area (Å²) in [4.78, 5) is 14.2. The average molecular weight is 309 g/mol. The second-order valence-electron chi connectivity index (χ2n) is 6.18. The number of anilines is 1. The van der Waals surface area contributed by atoms with E-state index in [2.05, 4.69) is 18.3 Å². The van der Waals surface area contributed by atoms with Gasteiger partial charge >= 0.3 is 0 Å². The van der Waals surface area contributed by atoms with Crippen molar-refractivity contribution in [3.05, 3.63) is 28.3 Å². The van der Waals surface area contributed by atoms with E-state index in [9.17, 15) is 4.79 Å². The number of carbonyl (C=O) groups is 1. The van der Waals surface area contributed by atoms with Gasteiger partial charge in [0.05, 0.1) is 10.7 Å². The second-order valence-corrected chi connectivity index (χ2v) is 6.59. The van der Waals surface area contributed by atoms with Gasteiger partial charge in [-0.1, -0.05) is 24.6 Å². The molecule has 0 atom stereocenters. The molecule has 0 bridgehead atoms. The summed E-state index contributed by atoms with van der Waals surface area (Å²) in [6, 6.07) is 4.05. The van der Waals surface area contributed by atoms with Crippen LogP contribution in [0.3, 0.4) is 0 Å². The highest BCUT2D eigenvalue weighted by Gasteiger charge is 2.19. The maximum absolute atomic E-state index is 12.2. The Bertz CT molecular complexity index is 485. The Balaban J connectivity index is 1.83. The molecule has 21 heavy (non-hydrogen) atoms. The maximum Gasteiger partial charge on any atom is 0.224 e. The third-order valence-electron chi connectivity index (χ3n) is 4.21. The first-order valence-electron chi connectivity index (χ1n) is 7.75. The number of benzene rings is 1. The highest BCUT2D eigenvalue weighted by molar-refractivity contribution is 6.33. The van der Waals surface area contributed by atoms with Crippen LogP contribution in [0.15, 0.2) is 12.1 Å². The van der Waals surface area contributed by atoms with Gasteiger partial charge in [0.15, 0.2) is 0 Å². The summed E-state index contributed by atoms with van der Waals surface area (Å²) in [5.41, 5.74) is 3.23. The monoisotopic (exact) mass is 308 g/mol. The van der Waals surface area contributed by atoms with Gasteiger partial charge in [-0.25, -0.2) is 0 Å². The quantitative estimate of drug-likeness (QED) is 0.911. The van der Waals surface area contributed by atoms with Crippen LogP contribution in [-0.2, 0) is 4.79 Å². The van der Waals surface area contributed by atoms with E-state index in [1.807, 2.05) is 24.8 Å². The van der Waals surface area contributed by atoms with Crippen molar-refractivity contribution in [1.29, 1.82) is 0 Å². The number of piperidine rings is 1. The summed E-state index contributed by atoms with van der Waals surface area (Å²) < 4.78 is 0. The van der Waals surface area contributed by atoms with Gasteiger partial charge in [0.1, 0.15) is 0 Å². The van der Waals surface area contributed by atoms with E-state index in [4.69, 9.17) is 11.6 Å². The Hall–Kier alpha value is -1.22. The minimum Gasteiger partial charge on any atom is -0.383 e. The van der Waals surface area contributed by atoms with Crippen LogP contribution in [0.4, 0.5) is 5.69 Å². The number of rotatable bonds is 4. The molecule has 3 nitrogen and oxygen atoms in total. The van der Waals surface area contributed by atoms with E-state index in [0.717, 1.165) is 53.7 Å². The van der Waals surface area contributed by atoms with Crippen molar-refractivity contribution in [2.75, 3.05) is 25.0 Å². The van der Waals surface area contributed by atoms with Gasteiger partial charge < -0.3 is 10.2 Å². The zero-order valence-corrected chi connectivity index (χ0v) is 14.0. The molecule has 1 aliphatic heterocycles. The summed E-state index contributed by atoms with van der Waals surface area (Å²) in [5.74, 6) is 0.997. The lowest BCUT2D eigenvalue weighted by Crippen LogP contribution is -2.38. The summed E-state index contributed by atoms with van der Waals surface area (Å²) >= 11 is 6.26. The van der Waals surface area contributed by atoms with Crippen LogP contribution in [0.2, 0.25) is 5.02 Å². The van der Waals surface area contributed by atoms with E-state index in [1.165, 1.54) is 0 Å². The first kappa shape index (κ1) is 16.2. The number of amides is 1. The van der Waals surface area contributed by atoms with Gasteiger partial charge in [-0.15, -0.1) is 0 Å². The molecule has 1 aliphatic rings. The number of hydrogen-bond acceptors (Lipinski definition) is 2. The molecule has 0 unspecified atom stereocenters. The minimum absolute atomic E-state index is 0.246. The molecule has 1 fully saturated rings. The van der Waals surface area contributed by atoms with Gasteiger partial charge in [-0.05, 0) is 49.8 Å². The van der Waals surface area contributed by atoms with Crippen molar-refractivity contribution < 1.29 is 4.79 Å². The van der Waals surface area contributed by atoms with Crippen LogP contribution in [0.1, 0.15) is 37.3 Å². The van der Waals surface area contributed by atoms with Gasteiger partial charge in [0.2, 0.25) is 5.91 Å². The Kier molecular flexibility index (Phi) is 5.51. The molecule has 1 aromatic carbocycles. The summed E-state index contributed by atoms with van der Waals surface area (Å²) in [7, 11) is 0. The number of nitrogens with one attached hydrogen (secondary N) is 1. The normalized spacial score (nSPS) is 16.1. The van der Waals surface area contributed by atoms with Crippen LogP contribution in [-0.4, -0.2) is 30.4 Å². The predicted molar refractivity (Wildman–Crippen MR) is 89.0 cm³/mol. The summed E-state index contributed by atoms with van der Waals surface area (Å²) in [5, 5.41) is 4.04. The third kappa shape index (κ3) is 4.37. The molecular formula is C17H25ClN2O. The lowest BCUT2D eigenvalue weighted by Gasteiger charge is -2.30. The number of likely N-dealkylation sites (tertiary alicyclic amines) is 1. The molecule has 116 valence electrons. The number of hydrogen-bond donors (Lipinski definition) is 1. The SMILES string of the molecule is Cc1cc(C)c(NCCC(=O)N2CCC(C)CC2)c(Cl)c1. The second kappa shape index (κ2) is 7.17. The smallest absolute Gasteiger partial charge is 0.224 e. The number of nitrogens with zero attached hydrogens (tertiary/aromatic N) is 1. The zero-order chi connectivity index (χ0) is 15.4. The van der Waals surface area contributed by atoms with Crippen LogP contribution in [0.25, 0.3) is 0 Å². The van der Waals surface area contributed by atoms with Crippen LogP contribution < -0.4 is 5.32 Å². The van der Waals surface area contributed by atoms with Crippen molar-refractivity contribution in [3.63, 3.8) is 0 Å². The number of halogens is 1. The van der Waals surface area contributed by atoms with Gasteiger partial charge in [-0.3, -0.25) is 4.79 Å². The van der Waals surface area contributed by atoms with E-state index in [1.54, 1.807) is 0 Å². The van der Waals surface area contributed by atoms with E-state index in [0.29, 0.717) is 13.0 Å². The molecule has 1 N–H and O–H groups in total. The van der Waals surface area contributed by atoms with E-state index in [-0.39, 0.29) is 5.91 Å². The molecule has 1 amide bonds. The zero-order valence-electron chi connectivity index (χ0n) is 13.2. The lowest BCUT2D eigenvalue weighted by atomic mass is 9.99. The van der Waals surface area contributed by atoms with Gasteiger partial charge in [-0.2, -0.15) is 0 Å². The Morgan fingerprint density at radius 1 is 1.33 bits per heavy atom. The van der Waals surface area contributed by atoms with Crippen LogP contribution in [0, 0.1) is 19.8 Å². The third-order valence-corrected chi connectivity index (χ3v) is 4.51. The summed E-state index contributed by atoms with van der Waals surface area (Å²) in [6.07, 6.45) is 2.78. The van der Waals surface area contributed by atoms with Crippen LogP contribution >= 0.6 is 11.6 Å². The largest absolute Gasteiger partial charge is 0.383 e. The van der Waals surface area contributed by atoms with Gasteiger partial charge in [0, 0.05) is 26.1 Å². The molecule has 0 aliphatic carbocycles. The minimum atomic E-state index is 0.246. The molecule has 2 rings (SSSR count). The molecule has 1 heterocycles. The lowest BCUT2D eigenvalue weighted by molar-refractivity contribution is -0.132. The molecule has 1 aromatic rings. The van der Waals surface area contributed by atoms with Crippen molar-refractivity contribution in [2.24, 2.45) is 5.92 Å². The van der Waals surface area contributed by atoms with Crippen molar-refractivity contribution in [1.82, 2.24) is 4.90 Å². The van der Waals surface area contributed by atoms with Gasteiger partial charge in [0.25, 0.3) is 0 Å².